The van der Waals surface area contributed by atoms with Crippen molar-refractivity contribution in [3.8, 4) is 0 Å². The van der Waals surface area contributed by atoms with E-state index >= 15 is 0 Å². The molecule has 5 nitrogen and oxygen atoms in total. The summed E-state index contributed by atoms with van der Waals surface area (Å²) in [6.07, 6.45) is 8.04. The molecule has 2 rings (SSSR count). The highest BCUT2D eigenvalue weighted by molar-refractivity contribution is 5.57. The minimum atomic E-state index is 0.778. The van der Waals surface area contributed by atoms with E-state index in [1.165, 1.54) is 31.2 Å². The van der Waals surface area contributed by atoms with Gasteiger partial charge >= 0.3 is 0 Å². The largest absolute Gasteiger partial charge is 0.373 e. The molecule has 0 bridgehead atoms. The van der Waals surface area contributed by atoms with E-state index in [-0.39, 0.29) is 0 Å². The molecule has 0 saturated heterocycles. The zero-order valence-electron chi connectivity index (χ0n) is 12.9. The summed E-state index contributed by atoms with van der Waals surface area (Å²) in [5.74, 6) is 1.89. The molecule has 20 heavy (non-hydrogen) atoms. The third-order valence-corrected chi connectivity index (χ3v) is 4.24. The smallest absolute Gasteiger partial charge is 0.134 e. The number of likely N-dealkylation sites (N-methyl/N-ethyl adjacent to an activating group) is 1. The Hall–Kier alpha value is -1.36. The Bertz CT molecular complexity index is 415. The van der Waals surface area contributed by atoms with Crippen molar-refractivity contribution in [1.29, 1.82) is 0 Å². The highest BCUT2D eigenvalue weighted by atomic mass is 15.2. The van der Waals surface area contributed by atoms with Crippen molar-refractivity contribution < 1.29 is 0 Å². The highest BCUT2D eigenvalue weighted by Gasteiger charge is 2.19. The van der Waals surface area contributed by atoms with Gasteiger partial charge in [-0.2, -0.15) is 0 Å². The second-order valence-corrected chi connectivity index (χ2v) is 5.50. The van der Waals surface area contributed by atoms with Gasteiger partial charge in [-0.05, 0) is 26.3 Å². The van der Waals surface area contributed by atoms with Crippen LogP contribution in [0, 0.1) is 0 Å². The minimum absolute atomic E-state index is 0.778. The van der Waals surface area contributed by atoms with Crippen LogP contribution in [0.25, 0.3) is 0 Å². The molecule has 0 unspecified atom stereocenters. The number of rotatable bonds is 7. The first-order valence-electron chi connectivity index (χ1n) is 7.72. The molecular weight excluding hydrogens is 250 g/mol. The molecular formula is C15H27N5. The fourth-order valence-electron chi connectivity index (χ4n) is 2.99. The minimum Gasteiger partial charge on any atom is -0.373 e. The van der Waals surface area contributed by atoms with Crippen LogP contribution in [0.2, 0.25) is 0 Å². The molecule has 112 valence electrons. The van der Waals surface area contributed by atoms with Gasteiger partial charge in [0.05, 0.1) is 0 Å². The van der Waals surface area contributed by atoms with E-state index in [0.717, 1.165) is 37.2 Å². The van der Waals surface area contributed by atoms with Crippen LogP contribution in [-0.2, 0) is 6.42 Å². The van der Waals surface area contributed by atoms with Crippen molar-refractivity contribution in [2.75, 3.05) is 37.8 Å². The fourth-order valence-corrected chi connectivity index (χ4v) is 2.99. The fraction of sp³-hybridized carbons (Fsp3) is 0.733. The van der Waals surface area contributed by atoms with Crippen molar-refractivity contribution in [1.82, 2.24) is 14.9 Å². The van der Waals surface area contributed by atoms with Crippen molar-refractivity contribution >= 4 is 11.6 Å². The predicted molar refractivity (Wildman–Crippen MR) is 84.3 cm³/mol. The van der Waals surface area contributed by atoms with E-state index < -0.39 is 0 Å². The van der Waals surface area contributed by atoms with Gasteiger partial charge in [-0.1, -0.05) is 19.8 Å². The zero-order valence-corrected chi connectivity index (χ0v) is 12.9. The molecule has 1 aliphatic rings. The Kier molecular flexibility index (Phi) is 5.59. The zero-order chi connectivity index (χ0) is 14.4. The summed E-state index contributed by atoms with van der Waals surface area (Å²) in [6.45, 7) is 4.13. The van der Waals surface area contributed by atoms with E-state index in [2.05, 4.69) is 39.5 Å². The van der Waals surface area contributed by atoms with Crippen molar-refractivity contribution in [3.05, 3.63) is 11.9 Å². The molecule has 5 heteroatoms. The second kappa shape index (κ2) is 7.43. The maximum absolute atomic E-state index is 4.37. The number of hydrogen-bond acceptors (Lipinski definition) is 5. The summed E-state index contributed by atoms with van der Waals surface area (Å²) in [6, 6.07) is 0.778. The Labute approximate surface area is 122 Å². The van der Waals surface area contributed by atoms with E-state index in [4.69, 9.17) is 0 Å². The summed E-state index contributed by atoms with van der Waals surface area (Å²) in [7, 11) is 4.14. The molecule has 1 aromatic heterocycles. The molecule has 2 N–H and O–H groups in total. The number of anilines is 2. The first-order valence-corrected chi connectivity index (χ1v) is 7.72. The average Bonchev–Trinajstić information content (AvgIpc) is 3.01. The molecule has 1 saturated carbocycles. The van der Waals surface area contributed by atoms with Gasteiger partial charge in [0.1, 0.15) is 18.0 Å². The van der Waals surface area contributed by atoms with Crippen LogP contribution in [0.1, 0.15) is 38.2 Å². The van der Waals surface area contributed by atoms with Crippen LogP contribution >= 0.6 is 0 Å². The van der Waals surface area contributed by atoms with E-state index in [1.54, 1.807) is 6.33 Å². The maximum atomic E-state index is 4.37. The lowest BCUT2D eigenvalue weighted by atomic mass is 10.2. The molecule has 0 radical (unpaired) electrons. The van der Waals surface area contributed by atoms with Gasteiger partial charge in [0, 0.05) is 31.7 Å². The standard InChI is InChI=1S/C15H27N5/c1-4-13-14(16-2)18-11-19-15(13)17-9-10-20(3)12-7-5-6-8-12/h11-12H,4-10H2,1-3H3,(H2,16,17,18,19). The van der Waals surface area contributed by atoms with Gasteiger partial charge in [-0.3, -0.25) is 0 Å². The summed E-state index contributed by atoms with van der Waals surface area (Å²) in [5, 5.41) is 6.59. The molecule has 0 aromatic carbocycles. The Morgan fingerprint density at radius 1 is 1.25 bits per heavy atom. The van der Waals surface area contributed by atoms with Crippen LogP contribution in [0.5, 0.6) is 0 Å². The van der Waals surface area contributed by atoms with Gasteiger partial charge in [0.15, 0.2) is 0 Å². The number of nitrogens with one attached hydrogen (secondary N) is 2. The van der Waals surface area contributed by atoms with Crippen molar-refractivity contribution in [2.45, 2.75) is 45.1 Å². The average molecular weight is 277 g/mol. The quantitative estimate of drug-likeness (QED) is 0.801. The third-order valence-electron chi connectivity index (χ3n) is 4.24. The molecule has 0 spiro atoms. The van der Waals surface area contributed by atoms with E-state index in [9.17, 15) is 0 Å². The molecule has 0 aliphatic heterocycles. The van der Waals surface area contributed by atoms with Gasteiger partial charge in [-0.25, -0.2) is 9.97 Å². The van der Waals surface area contributed by atoms with Crippen LogP contribution in [0.3, 0.4) is 0 Å². The first-order chi connectivity index (χ1) is 9.76. The molecule has 1 aromatic rings. The van der Waals surface area contributed by atoms with Crippen LogP contribution in [-0.4, -0.2) is 48.1 Å². The lowest BCUT2D eigenvalue weighted by molar-refractivity contribution is 0.254. The van der Waals surface area contributed by atoms with Crippen LogP contribution in [0.4, 0.5) is 11.6 Å². The topological polar surface area (TPSA) is 53.1 Å². The monoisotopic (exact) mass is 277 g/mol. The maximum Gasteiger partial charge on any atom is 0.134 e. The summed E-state index contributed by atoms with van der Waals surface area (Å²) in [5.41, 5.74) is 1.17. The lowest BCUT2D eigenvalue weighted by Crippen LogP contribution is -2.33. The highest BCUT2D eigenvalue weighted by Crippen LogP contribution is 2.22. The van der Waals surface area contributed by atoms with Crippen LogP contribution < -0.4 is 10.6 Å². The predicted octanol–water partition coefficient (Wildman–Crippen LogP) is 2.37. The Balaban J connectivity index is 1.87. The summed E-state index contributed by atoms with van der Waals surface area (Å²) >= 11 is 0. The number of nitrogens with zero attached hydrogens (tertiary/aromatic N) is 3. The van der Waals surface area contributed by atoms with Gasteiger partial charge in [0.25, 0.3) is 0 Å². The first kappa shape index (κ1) is 15.0. The SMILES string of the molecule is CCc1c(NC)ncnc1NCCN(C)C1CCCC1. The molecule has 0 amide bonds. The number of aromatic nitrogens is 2. The lowest BCUT2D eigenvalue weighted by Gasteiger charge is -2.24. The van der Waals surface area contributed by atoms with Crippen LogP contribution in [0.15, 0.2) is 6.33 Å². The van der Waals surface area contributed by atoms with Gasteiger partial charge in [0.2, 0.25) is 0 Å². The third kappa shape index (κ3) is 3.60. The molecule has 1 fully saturated rings. The van der Waals surface area contributed by atoms with E-state index in [0.29, 0.717) is 0 Å². The molecule has 1 aliphatic carbocycles. The summed E-state index contributed by atoms with van der Waals surface area (Å²) < 4.78 is 0. The summed E-state index contributed by atoms with van der Waals surface area (Å²) in [4.78, 5) is 11.1. The molecule has 1 heterocycles. The number of hydrogen-bond donors (Lipinski definition) is 2. The molecule has 0 atom stereocenters. The Morgan fingerprint density at radius 3 is 2.60 bits per heavy atom. The Morgan fingerprint density at radius 2 is 1.95 bits per heavy atom. The van der Waals surface area contributed by atoms with Crippen molar-refractivity contribution in [3.63, 3.8) is 0 Å². The normalized spacial score (nSPS) is 15.8. The second-order valence-electron chi connectivity index (χ2n) is 5.50. The van der Waals surface area contributed by atoms with Crippen molar-refractivity contribution in [2.24, 2.45) is 0 Å². The van der Waals surface area contributed by atoms with Gasteiger partial charge < -0.3 is 15.5 Å². The van der Waals surface area contributed by atoms with Gasteiger partial charge in [-0.15, -0.1) is 0 Å². The van der Waals surface area contributed by atoms with E-state index in [1.807, 2.05) is 7.05 Å².